The first-order chi connectivity index (χ1) is 8.49. The van der Waals surface area contributed by atoms with Gasteiger partial charge in [-0.05, 0) is 12.8 Å². The monoisotopic (exact) mass is 249 g/mol. The molecule has 3 heteroatoms. The molecule has 5 rings (SSSR count). The Morgan fingerprint density at radius 1 is 0.833 bits per heavy atom. The van der Waals surface area contributed by atoms with Crippen LogP contribution < -0.4 is 5.73 Å². The Bertz CT molecular complexity index is 332. The molecule has 1 spiro atoms. The molecular formula is C15H27N3. The van der Waals surface area contributed by atoms with Gasteiger partial charge in [-0.25, -0.2) is 0 Å². The van der Waals surface area contributed by atoms with E-state index in [9.17, 15) is 0 Å². The van der Waals surface area contributed by atoms with Crippen molar-refractivity contribution in [3.63, 3.8) is 0 Å². The van der Waals surface area contributed by atoms with E-state index >= 15 is 0 Å². The van der Waals surface area contributed by atoms with Gasteiger partial charge < -0.3 is 5.73 Å². The van der Waals surface area contributed by atoms with E-state index in [1.54, 1.807) is 0 Å². The summed E-state index contributed by atoms with van der Waals surface area (Å²) in [5, 5.41) is 0. The van der Waals surface area contributed by atoms with Gasteiger partial charge in [0.05, 0.1) is 5.66 Å². The number of piperidine rings is 2. The highest BCUT2D eigenvalue weighted by molar-refractivity contribution is 5.18. The summed E-state index contributed by atoms with van der Waals surface area (Å²) < 4.78 is 0. The van der Waals surface area contributed by atoms with Crippen LogP contribution in [0.25, 0.3) is 0 Å². The van der Waals surface area contributed by atoms with Gasteiger partial charge in [-0.3, -0.25) is 9.80 Å². The van der Waals surface area contributed by atoms with Crippen molar-refractivity contribution in [1.82, 2.24) is 9.80 Å². The highest BCUT2D eigenvalue weighted by atomic mass is 15.5. The predicted molar refractivity (Wildman–Crippen MR) is 73.2 cm³/mol. The lowest BCUT2D eigenvalue weighted by Crippen LogP contribution is -2.85. The summed E-state index contributed by atoms with van der Waals surface area (Å²) >= 11 is 0. The van der Waals surface area contributed by atoms with E-state index in [4.69, 9.17) is 5.73 Å². The number of nitrogens with zero attached hydrogens (tertiary/aromatic N) is 2. The standard InChI is InChI=1S/C15H27N3/c1-13-8-17-10-14(2,12(13)16)11-18(9-13)15(17)6-4-3-5-7-15/h12H,3-11,16H2,1-2H3. The third-order valence-electron chi connectivity index (χ3n) is 6.54. The van der Waals surface area contributed by atoms with Crippen LogP contribution in [0.3, 0.4) is 0 Å². The van der Waals surface area contributed by atoms with E-state index in [-0.39, 0.29) is 0 Å². The zero-order valence-electron chi connectivity index (χ0n) is 11.9. The molecule has 4 saturated heterocycles. The largest absolute Gasteiger partial charge is 0.327 e. The fourth-order valence-corrected chi connectivity index (χ4v) is 5.73. The first-order valence-electron chi connectivity index (χ1n) is 7.74. The number of hydrogen-bond acceptors (Lipinski definition) is 3. The molecule has 0 unspecified atom stereocenters. The van der Waals surface area contributed by atoms with Gasteiger partial charge in [0.2, 0.25) is 0 Å². The SMILES string of the molecule is CC12CN3CC(C)(CN(C1)C31CCCCC1)C2N. The van der Waals surface area contributed by atoms with Crippen molar-refractivity contribution in [3.8, 4) is 0 Å². The minimum Gasteiger partial charge on any atom is -0.327 e. The van der Waals surface area contributed by atoms with Gasteiger partial charge in [0.15, 0.2) is 0 Å². The Balaban J connectivity index is 1.74. The second kappa shape index (κ2) is 3.31. The Hall–Kier alpha value is -0.120. The van der Waals surface area contributed by atoms with E-state index < -0.39 is 0 Å². The molecule has 3 nitrogen and oxygen atoms in total. The van der Waals surface area contributed by atoms with Crippen molar-refractivity contribution < 1.29 is 0 Å². The van der Waals surface area contributed by atoms with Crippen LogP contribution in [0.4, 0.5) is 0 Å². The average molecular weight is 249 g/mol. The van der Waals surface area contributed by atoms with Gasteiger partial charge in [-0.15, -0.1) is 0 Å². The van der Waals surface area contributed by atoms with Crippen molar-refractivity contribution in [2.24, 2.45) is 16.6 Å². The van der Waals surface area contributed by atoms with Gasteiger partial charge in [0.25, 0.3) is 0 Å². The molecule has 0 aromatic carbocycles. The molecular weight excluding hydrogens is 222 g/mol. The summed E-state index contributed by atoms with van der Waals surface area (Å²) in [5.41, 5.74) is 7.68. The molecule has 5 aliphatic rings. The van der Waals surface area contributed by atoms with Crippen molar-refractivity contribution in [1.29, 1.82) is 0 Å². The van der Waals surface area contributed by atoms with E-state index in [1.807, 2.05) is 0 Å². The summed E-state index contributed by atoms with van der Waals surface area (Å²) in [6.45, 7) is 9.79. The van der Waals surface area contributed by atoms with Crippen LogP contribution in [0.1, 0.15) is 46.0 Å². The van der Waals surface area contributed by atoms with Crippen LogP contribution in [0.5, 0.6) is 0 Å². The van der Waals surface area contributed by atoms with E-state index in [1.165, 1.54) is 58.3 Å². The molecule has 1 saturated carbocycles. The van der Waals surface area contributed by atoms with Crippen LogP contribution in [0, 0.1) is 10.8 Å². The first-order valence-corrected chi connectivity index (χ1v) is 7.74. The quantitative estimate of drug-likeness (QED) is 0.708. The molecule has 0 amide bonds. The fourth-order valence-electron chi connectivity index (χ4n) is 5.73. The molecule has 0 aromatic rings. The van der Waals surface area contributed by atoms with Crippen LogP contribution >= 0.6 is 0 Å². The first kappa shape index (κ1) is 11.7. The molecule has 0 radical (unpaired) electrons. The van der Waals surface area contributed by atoms with Gasteiger partial charge in [0.1, 0.15) is 0 Å². The van der Waals surface area contributed by atoms with Crippen LogP contribution in [0.15, 0.2) is 0 Å². The Kier molecular flexibility index (Phi) is 2.15. The molecule has 2 N–H and O–H groups in total. The number of hydrogen-bond donors (Lipinski definition) is 1. The lowest BCUT2D eigenvalue weighted by Gasteiger charge is -2.74. The second-order valence-corrected chi connectivity index (χ2v) is 8.04. The van der Waals surface area contributed by atoms with E-state index in [0.717, 1.165) is 0 Å². The maximum absolute atomic E-state index is 6.60. The predicted octanol–water partition coefficient (Wildman–Crippen LogP) is 1.63. The van der Waals surface area contributed by atoms with Gasteiger partial charge in [0, 0.05) is 43.1 Å². The van der Waals surface area contributed by atoms with Gasteiger partial charge >= 0.3 is 0 Å². The summed E-state index contributed by atoms with van der Waals surface area (Å²) in [7, 11) is 0. The summed E-state index contributed by atoms with van der Waals surface area (Å²) in [6, 6.07) is 0.387. The van der Waals surface area contributed by atoms with Crippen molar-refractivity contribution in [2.75, 3.05) is 26.2 Å². The van der Waals surface area contributed by atoms with Gasteiger partial charge in [-0.2, -0.15) is 0 Å². The summed E-state index contributed by atoms with van der Waals surface area (Å²) in [4.78, 5) is 5.64. The summed E-state index contributed by atoms with van der Waals surface area (Å²) in [6.07, 6.45) is 7.08. The highest BCUT2D eigenvalue weighted by Gasteiger charge is 2.65. The lowest BCUT2D eigenvalue weighted by molar-refractivity contribution is -0.260. The zero-order valence-corrected chi connectivity index (χ0v) is 11.9. The fraction of sp³-hybridized carbons (Fsp3) is 1.00. The molecule has 18 heavy (non-hydrogen) atoms. The second-order valence-electron chi connectivity index (χ2n) is 8.04. The molecule has 0 atom stereocenters. The number of nitrogens with two attached hydrogens (primary N) is 1. The molecule has 5 fully saturated rings. The topological polar surface area (TPSA) is 32.5 Å². The Morgan fingerprint density at radius 3 is 1.72 bits per heavy atom. The minimum absolute atomic E-state index is 0.327. The average Bonchev–Trinajstić information content (AvgIpc) is 2.32. The zero-order chi connectivity index (χ0) is 12.6. The maximum Gasteiger partial charge on any atom is 0.0738 e. The van der Waals surface area contributed by atoms with Crippen LogP contribution in [-0.4, -0.2) is 47.7 Å². The maximum atomic E-state index is 6.60. The summed E-state index contributed by atoms with van der Waals surface area (Å²) in [5.74, 6) is 0. The normalized spacial score (nSPS) is 57.2. The number of rotatable bonds is 0. The third-order valence-corrected chi connectivity index (χ3v) is 6.54. The molecule has 1 aliphatic carbocycles. The third kappa shape index (κ3) is 1.21. The lowest BCUT2D eigenvalue weighted by atomic mass is 9.57. The molecule has 4 aliphatic heterocycles. The Morgan fingerprint density at radius 2 is 1.28 bits per heavy atom. The van der Waals surface area contributed by atoms with Crippen LogP contribution in [-0.2, 0) is 0 Å². The molecule has 4 bridgehead atoms. The molecule has 4 heterocycles. The smallest absolute Gasteiger partial charge is 0.0738 e. The highest BCUT2D eigenvalue weighted by Crippen LogP contribution is 2.56. The molecule has 0 aromatic heterocycles. The van der Waals surface area contributed by atoms with Crippen molar-refractivity contribution >= 4 is 0 Å². The molecule has 102 valence electrons. The van der Waals surface area contributed by atoms with Crippen molar-refractivity contribution in [2.45, 2.75) is 57.7 Å². The van der Waals surface area contributed by atoms with Crippen molar-refractivity contribution in [3.05, 3.63) is 0 Å². The van der Waals surface area contributed by atoms with Crippen LogP contribution in [0.2, 0.25) is 0 Å². The van der Waals surface area contributed by atoms with E-state index in [0.29, 0.717) is 22.5 Å². The van der Waals surface area contributed by atoms with Gasteiger partial charge in [-0.1, -0.05) is 33.1 Å². The van der Waals surface area contributed by atoms with E-state index in [2.05, 4.69) is 23.6 Å². The Labute approximate surface area is 111 Å². The minimum atomic E-state index is 0.327.